The van der Waals surface area contributed by atoms with Crippen molar-refractivity contribution >= 4 is 23.3 Å². The van der Waals surface area contributed by atoms with Gasteiger partial charge in [0.1, 0.15) is 11.5 Å². The number of carbonyl (C=O) groups excluding carboxylic acids is 2. The second-order valence-electron chi connectivity index (χ2n) is 5.86. The summed E-state index contributed by atoms with van der Waals surface area (Å²) in [5.74, 6) is -1.85. The minimum Gasteiger partial charge on any atom is -0.449 e. The normalized spacial score (nSPS) is 12.7. The summed E-state index contributed by atoms with van der Waals surface area (Å²) in [5.41, 5.74) is 5.55. The van der Waals surface area contributed by atoms with E-state index in [4.69, 9.17) is 10.5 Å². The lowest BCUT2D eigenvalue weighted by Gasteiger charge is -2.18. The number of anilines is 1. The van der Waals surface area contributed by atoms with Crippen molar-refractivity contribution in [3.05, 3.63) is 69.5 Å². The van der Waals surface area contributed by atoms with E-state index in [1.54, 1.807) is 6.92 Å². The quantitative estimate of drug-likeness (QED) is 0.346. The zero-order valence-electron chi connectivity index (χ0n) is 14.6. The highest BCUT2D eigenvalue weighted by Gasteiger charge is 2.23. The predicted octanol–water partition coefficient (Wildman–Crippen LogP) is 2.74. The number of benzene rings is 2. The van der Waals surface area contributed by atoms with E-state index in [1.165, 1.54) is 43.3 Å². The third-order valence-electron chi connectivity index (χ3n) is 3.84. The zero-order chi connectivity index (χ0) is 20.1. The average Bonchev–Trinajstić information content (AvgIpc) is 2.62. The average molecular weight is 375 g/mol. The fourth-order valence-electron chi connectivity index (χ4n) is 2.28. The maximum Gasteiger partial charge on any atom is 0.339 e. The lowest BCUT2D eigenvalue weighted by molar-refractivity contribution is -0.383. The van der Waals surface area contributed by atoms with Crippen LogP contribution in [0.1, 0.15) is 35.8 Å². The molecular weight excluding hydrogens is 357 g/mol. The molecule has 0 spiro atoms. The Balaban J connectivity index is 2.01. The van der Waals surface area contributed by atoms with Crippen LogP contribution in [-0.4, -0.2) is 22.9 Å². The van der Waals surface area contributed by atoms with Crippen LogP contribution in [0, 0.1) is 15.9 Å². The number of amides is 1. The Bertz CT molecular complexity index is 870. The molecule has 0 aliphatic carbocycles. The molecule has 2 unspecified atom stereocenters. The molecular formula is C18H18FN3O5. The van der Waals surface area contributed by atoms with Crippen molar-refractivity contribution in [3.63, 3.8) is 0 Å². The molecule has 2 aromatic carbocycles. The van der Waals surface area contributed by atoms with Crippen LogP contribution in [0.15, 0.2) is 42.5 Å². The number of nitrogen functional groups attached to an aromatic ring is 1. The maximum absolute atomic E-state index is 13.0. The molecule has 0 saturated carbocycles. The standard InChI is InChI=1S/C18H18FN3O5/c1-10(12-3-6-14(19)7-4-12)21-17(23)11(2)27-18(24)13-5-8-15(20)16(9-13)22(25)26/h3-11H,20H2,1-2H3,(H,21,23). The molecule has 142 valence electrons. The molecule has 0 bridgehead atoms. The van der Waals surface area contributed by atoms with Gasteiger partial charge in [-0.1, -0.05) is 12.1 Å². The van der Waals surface area contributed by atoms with Crippen LogP contribution in [0.25, 0.3) is 0 Å². The van der Waals surface area contributed by atoms with E-state index in [2.05, 4.69) is 5.32 Å². The minimum absolute atomic E-state index is 0.0875. The Morgan fingerprint density at radius 3 is 2.41 bits per heavy atom. The summed E-state index contributed by atoms with van der Waals surface area (Å²) >= 11 is 0. The Labute approximate surface area is 154 Å². The number of carbonyl (C=O) groups is 2. The summed E-state index contributed by atoms with van der Waals surface area (Å²) in [6.07, 6.45) is -1.14. The van der Waals surface area contributed by atoms with Crippen molar-refractivity contribution in [2.45, 2.75) is 26.0 Å². The van der Waals surface area contributed by atoms with Gasteiger partial charge in [0.05, 0.1) is 16.5 Å². The van der Waals surface area contributed by atoms with E-state index in [-0.39, 0.29) is 11.3 Å². The molecule has 0 heterocycles. The van der Waals surface area contributed by atoms with Crippen molar-refractivity contribution in [2.24, 2.45) is 0 Å². The molecule has 0 radical (unpaired) electrons. The Morgan fingerprint density at radius 2 is 1.81 bits per heavy atom. The SMILES string of the molecule is CC(OC(=O)c1ccc(N)c([N+](=O)[O-])c1)C(=O)NC(C)c1ccc(F)cc1. The third kappa shape index (κ3) is 5.00. The van der Waals surface area contributed by atoms with Crippen LogP contribution in [0.2, 0.25) is 0 Å². The number of halogens is 1. The largest absolute Gasteiger partial charge is 0.449 e. The molecule has 0 aliphatic heterocycles. The summed E-state index contributed by atoms with van der Waals surface area (Å²) in [6.45, 7) is 3.07. The van der Waals surface area contributed by atoms with E-state index in [9.17, 15) is 24.1 Å². The number of nitrogens with one attached hydrogen (secondary N) is 1. The fourth-order valence-corrected chi connectivity index (χ4v) is 2.28. The number of nitrogens with zero attached hydrogens (tertiary/aromatic N) is 1. The maximum atomic E-state index is 13.0. The highest BCUT2D eigenvalue weighted by Crippen LogP contribution is 2.23. The van der Waals surface area contributed by atoms with Crippen molar-refractivity contribution in [2.75, 3.05) is 5.73 Å². The van der Waals surface area contributed by atoms with E-state index >= 15 is 0 Å². The van der Waals surface area contributed by atoms with Gasteiger partial charge in [0.2, 0.25) is 0 Å². The Morgan fingerprint density at radius 1 is 1.19 bits per heavy atom. The first-order valence-corrected chi connectivity index (χ1v) is 7.99. The monoisotopic (exact) mass is 375 g/mol. The van der Waals surface area contributed by atoms with E-state index in [0.717, 1.165) is 6.07 Å². The molecule has 9 heteroatoms. The molecule has 8 nitrogen and oxygen atoms in total. The van der Waals surface area contributed by atoms with Crippen molar-refractivity contribution in [3.8, 4) is 0 Å². The zero-order valence-corrected chi connectivity index (χ0v) is 14.6. The van der Waals surface area contributed by atoms with Gasteiger partial charge in [-0.05, 0) is 43.7 Å². The smallest absolute Gasteiger partial charge is 0.339 e. The van der Waals surface area contributed by atoms with E-state index < -0.39 is 40.5 Å². The number of nitro benzene ring substituents is 1. The van der Waals surface area contributed by atoms with Gasteiger partial charge >= 0.3 is 5.97 Å². The molecule has 2 rings (SSSR count). The fraction of sp³-hybridized carbons (Fsp3) is 0.222. The van der Waals surface area contributed by atoms with Gasteiger partial charge < -0.3 is 15.8 Å². The lowest BCUT2D eigenvalue weighted by Crippen LogP contribution is -2.37. The van der Waals surface area contributed by atoms with Gasteiger partial charge in [-0.3, -0.25) is 14.9 Å². The molecule has 0 fully saturated rings. The van der Waals surface area contributed by atoms with Crippen LogP contribution in [-0.2, 0) is 9.53 Å². The van der Waals surface area contributed by atoms with E-state index in [0.29, 0.717) is 5.56 Å². The van der Waals surface area contributed by atoms with Gasteiger partial charge in [-0.2, -0.15) is 0 Å². The van der Waals surface area contributed by atoms with Crippen molar-refractivity contribution in [1.29, 1.82) is 0 Å². The molecule has 0 aliphatic rings. The summed E-state index contributed by atoms with van der Waals surface area (Å²) in [5, 5.41) is 13.5. The molecule has 0 aromatic heterocycles. The molecule has 2 atom stereocenters. The highest BCUT2D eigenvalue weighted by atomic mass is 19.1. The van der Waals surface area contributed by atoms with Crippen LogP contribution < -0.4 is 11.1 Å². The second kappa shape index (κ2) is 8.26. The summed E-state index contributed by atoms with van der Waals surface area (Å²) in [4.78, 5) is 34.5. The summed E-state index contributed by atoms with van der Waals surface area (Å²) in [7, 11) is 0. The topological polar surface area (TPSA) is 125 Å². The summed E-state index contributed by atoms with van der Waals surface area (Å²) < 4.78 is 18.0. The lowest BCUT2D eigenvalue weighted by atomic mass is 10.1. The van der Waals surface area contributed by atoms with Crippen LogP contribution in [0.3, 0.4) is 0 Å². The van der Waals surface area contributed by atoms with E-state index in [1.807, 2.05) is 0 Å². The first-order valence-electron chi connectivity index (χ1n) is 7.99. The first-order chi connectivity index (χ1) is 12.7. The molecule has 0 saturated heterocycles. The number of hydrogen-bond acceptors (Lipinski definition) is 6. The second-order valence-corrected chi connectivity index (χ2v) is 5.86. The van der Waals surface area contributed by atoms with Gasteiger partial charge in [0, 0.05) is 6.07 Å². The number of hydrogen-bond donors (Lipinski definition) is 2. The number of nitro groups is 1. The van der Waals surface area contributed by atoms with Gasteiger partial charge in [0.15, 0.2) is 6.10 Å². The molecule has 3 N–H and O–H groups in total. The van der Waals surface area contributed by atoms with Crippen molar-refractivity contribution < 1.29 is 23.6 Å². The summed E-state index contributed by atoms with van der Waals surface area (Å²) in [6, 6.07) is 8.66. The van der Waals surface area contributed by atoms with Gasteiger partial charge in [-0.25, -0.2) is 9.18 Å². The van der Waals surface area contributed by atoms with Crippen LogP contribution in [0.4, 0.5) is 15.8 Å². The van der Waals surface area contributed by atoms with Crippen LogP contribution in [0.5, 0.6) is 0 Å². The van der Waals surface area contributed by atoms with Crippen LogP contribution >= 0.6 is 0 Å². The highest BCUT2D eigenvalue weighted by molar-refractivity contribution is 5.93. The van der Waals surface area contributed by atoms with Gasteiger partial charge in [0.25, 0.3) is 11.6 Å². The van der Waals surface area contributed by atoms with Gasteiger partial charge in [-0.15, -0.1) is 0 Å². The molecule has 27 heavy (non-hydrogen) atoms. The number of nitrogens with two attached hydrogens (primary N) is 1. The minimum atomic E-state index is -1.14. The molecule has 1 amide bonds. The number of rotatable bonds is 6. The Hall–Kier alpha value is -3.49. The molecule has 2 aromatic rings. The van der Waals surface area contributed by atoms with Crippen molar-refractivity contribution in [1.82, 2.24) is 5.32 Å². The number of ether oxygens (including phenoxy) is 1. The predicted molar refractivity (Wildman–Crippen MR) is 95.3 cm³/mol. The Kier molecular flexibility index (Phi) is 6.07. The number of esters is 1. The third-order valence-corrected chi connectivity index (χ3v) is 3.84. The first kappa shape index (κ1) is 19.8.